The highest BCUT2D eigenvalue weighted by atomic mass is 32.1. The van der Waals surface area contributed by atoms with Gasteiger partial charge in [-0.15, -0.1) is 11.3 Å². The summed E-state index contributed by atoms with van der Waals surface area (Å²) in [6.45, 7) is 3.66. The van der Waals surface area contributed by atoms with Gasteiger partial charge in [0.05, 0.1) is 10.9 Å². The van der Waals surface area contributed by atoms with Gasteiger partial charge in [0.2, 0.25) is 0 Å². The molecule has 31 heavy (non-hydrogen) atoms. The Morgan fingerprint density at radius 2 is 1.77 bits per heavy atom. The van der Waals surface area contributed by atoms with Crippen LogP contribution in [0.25, 0.3) is 21.3 Å². The lowest BCUT2D eigenvalue weighted by molar-refractivity contribution is 0.0696. The average Bonchev–Trinajstić information content (AvgIpc) is 3.07. The van der Waals surface area contributed by atoms with Crippen molar-refractivity contribution in [2.24, 2.45) is 0 Å². The number of nitrogen functional groups attached to an aromatic ring is 1. The van der Waals surface area contributed by atoms with Crippen LogP contribution in [0.15, 0.2) is 48.8 Å². The van der Waals surface area contributed by atoms with Crippen molar-refractivity contribution in [2.75, 3.05) is 16.4 Å². The van der Waals surface area contributed by atoms with Gasteiger partial charge < -0.3 is 21.5 Å². The normalized spacial score (nSPS) is 10.8. The molecule has 156 valence electrons. The topological polar surface area (TPSA) is 130 Å². The molecule has 9 heteroatoms. The summed E-state index contributed by atoms with van der Waals surface area (Å²) in [6, 6.07) is 11.6. The van der Waals surface area contributed by atoms with Gasteiger partial charge in [0.15, 0.2) is 0 Å². The smallest absolute Gasteiger partial charge is 0.336 e. The summed E-state index contributed by atoms with van der Waals surface area (Å²) in [5.74, 6) is -0.607. The first kappa shape index (κ1) is 20.3. The Labute approximate surface area is 181 Å². The van der Waals surface area contributed by atoms with Crippen LogP contribution in [0.3, 0.4) is 0 Å². The quantitative estimate of drug-likeness (QED) is 0.362. The van der Waals surface area contributed by atoms with Gasteiger partial charge in [-0.25, -0.2) is 19.6 Å². The molecule has 2 aromatic carbocycles. The number of carbonyl (C=O) groups is 2. The Balaban J connectivity index is 1.54. The largest absolute Gasteiger partial charge is 0.478 e. The van der Waals surface area contributed by atoms with E-state index in [0.717, 1.165) is 26.2 Å². The van der Waals surface area contributed by atoms with Gasteiger partial charge >= 0.3 is 12.0 Å². The molecule has 0 spiro atoms. The summed E-state index contributed by atoms with van der Waals surface area (Å²) in [6.07, 6.45) is 1.46. The summed E-state index contributed by atoms with van der Waals surface area (Å²) in [7, 11) is 0. The molecule has 0 fully saturated rings. The minimum atomic E-state index is -1.04. The number of aromatic carboxylic acids is 1. The van der Waals surface area contributed by atoms with E-state index < -0.39 is 12.0 Å². The number of anilines is 3. The van der Waals surface area contributed by atoms with E-state index in [1.54, 1.807) is 42.5 Å². The van der Waals surface area contributed by atoms with Crippen molar-refractivity contribution >= 4 is 50.7 Å². The third-order valence-electron chi connectivity index (χ3n) is 4.94. The van der Waals surface area contributed by atoms with E-state index in [1.165, 1.54) is 12.4 Å². The predicted molar refractivity (Wildman–Crippen MR) is 123 cm³/mol. The first-order valence-corrected chi connectivity index (χ1v) is 10.2. The highest BCUT2D eigenvalue weighted by Gasteiger charge is 2.16. The lowest BCUT2D eigenvalue weighted by Gasteiger charge is -2.12. The number of hydrogen-bond donors (Lipinski definition) is 4. The number of urea groups is 1. The zero-order valence-electron chi connectivity index (χ0n) is 16.8. The molecule has 0 unspecified atom stereocenters. The van der Waals surface area contributed by atoms with Gasteiger partial charge in [-0.3, -0.25) is 0 Å². The molecule has 0 aliphatic heterocycles. The summed E-state index contributed by atoms with van der Waals surface area (Å²) >= 11 is 1.56. The number of carboxylic acids is 1. The van der Waals surface area contributed by atoms with Crippen molar-refractivity contribution in [3.63, 3.8) is 0 Å². The molecule has 0 atom stereocenters. The number of rotatable bonds is 4. The number of thiophene rings is 1. The first-order chi connectivity index (χ1) is 14.8. The maximum atomic E-state index is 12.4. The fourth-order valence-electron chi connectivity index (χ4n) is 3.42. The van der Waals surface area contributed by atoms with Crippen LogP contribution in [0.1, 0.15) is 20.8 Å². The molecular formula is C22H19N5O3S. The third-order valence-corrected chi connectivity index (χ3v) is 5.95. The summed E-state index contributed by atoms with van der Waals surface area (Å²) in [4.78, 5) is 34.0. The molecule has 4 rings (SSSR count). The Bertz CT molecular complexity index is 1310. The van der Waals surface area contributed by atoms with Crippen LogP contribution in [-0.2, 0) is 0 Å². The van der Waals surface area contributed by atoms with E-state index in [1.807, 2.05) is 19.1 Å². The summed E-state index contributed by atoms with van der Waals surface area (Å²) < 4.78 is 0. The number of carboxylic acid groups (broad SMARTS) is 1. The number of aryl methyl sites for hydroxylation is 1. The SMILES string of the molecule is Cc1sc2ncnc(N)c2c1-c1ccc(NC(=O)Nc2cccc(C(=O)O)c2C)cc1. The summed E-state index contributed by atoms with van der Waals surface area (Å²) in [5, 5.41) is 15.5. The standard InChI is InChI=1S/C22H19N5O3S/c1-11-15(21(28)29)4-3-5-16(11)27-22(30)26-14-8-6-13(7-9-14)17-12(2)31-20-18(17)19(23)24-10-25-20/h3-10H,1-2H3,(H,28,29)(H2,23,24,25)(H2,26,27,30). The number of carbonyl (C=O) groups excluding carboxylic acids is 1. The number of nitrogens with one attached hydrogen (secondary N) is 2. The van der Waals surface area contributed by atoms with Crippen LogP contribution in [0, 0.1) is 13.8 Å². The fraction of sp³-hybridized carbons (Fsp3) is 0.0909. The molecule has 8 nitrogen and oxygen atoms in total. The molecular weight excluding hydrogens is 414 g/mol. The second kappa shape index (κ2) is 8.04. The number of aromatic nitrogens is 2. The summed E-state index contributed by atoms with van der Waals surface area (Å²) in [5.41, 5.74) is 9.66. The second-order valence-corrected chi connectivity index (χ2v) is 8.12. The van der Waals surface area contributed by atoms with Gasteiger partial charge in [-0.1, -0.05) is 18.2 Å². The Morgan fingerprint density at radius 3 is 2.48 bits per heavy atom. The van der Waals surface area contributed by atoms with Crippen LogP contribution >= 0.6 is 11.3 Å². The average molecular weight is 433 g/mol. The highest BCUT2D eigenvalue weighted by Crippen LogP contribution is 2.39. The Kier molecular flexibility index (Phi) is 5.26. The van der Waals surface area contributed by atoms with E-state index in [9.17, 15) is 14.7 Å². The van der Waals surface area contributed by atoms with Gasteiger partial charge in [0, 0.05) is 21.8 Å². The molecule has 0 bridgehead atoms. The van der Waals surface area contributed by atoms with Crippen LogP contribution < -0.4 is 16.4 Å². The number of hydrogen-bond acceptors (Lipinski definition) is 6. The van der Waals surface area contributed by atoms with Crippen molar-refractivity contribution in [1.29, 1.82) is 0 Å². The second-order valence-electron chi connectivity index (χ2n) is 6.91. The maximum absolute atomic E-state index is 12.4. The number of benzene rings is 2. The molecule has 0 aliphatic rings. The maximum Gasteiger partial charge on any atom is 0.336 e. The van der Waals surface area contributed by atoms with Gasteiger partial charge in [-0.2, -0.15) is 0 Å². The molecule has 0 radical (unpaired) electrons. The first-order valence-electron chi connectivity index (χ1n) is 9.36. The molecule has 2 heterocycles. The fourth-order valence-corrected chi connectivity index (χ4v) is 4.44. The predicted octanol–water partition coefficient (Wildman–Crippen LogP) is 4.90. The Hall–Kier alpha value is -3.98. The number of amides is 2. The molecule has 4 aromatic rings. The number of nitrogens with two attached hydrogens (primary N) is 1. The molecule has 2 amide bonds. The van der Waals surface area contributed by atoms with E-state index in [-0.39, 0.29) is 5.56 Å². The van der Waals surface area contributed by atoms with E-state index in [0.29, 0.717) is 22.8 Å². The van der Waals surface area contributed by atoms with Gasteiger partial charge in [-0.05, 0) is 49.2 Å². The van der Waals surface area contributed by atoms with Crippen molar-refractivity contribution in [3.05, 3.63) is 64.8 Å². The van der Waals surface area contributed by atoms with E-state index >= 15 is 0 Å². The van der Waals surface area contributed by atoms with Crippen LogP contribution in [0.4, 0.5) is 22.0 Å². The van der Waals surface area contributed by atoms with E-state index in [2.05, 4.69) is 20.6 Å². The minimum Gasteiger partial charge on any atom is -0.478 e. The van der Waals surface area contributed by atoms with Crippen molar-refractivity contribution in [2.45, 2.75) is 13.8 Å². The lowest BCUT2D eigenvalue weighted by atomic mass is 10.0. The molecule has 0 saturated carbocycles. The van der Waals surface area contributed by atoms with Crippen molar-refractivity contribution in [1.82, 2.24) is 9.97 Å². The lowest BCUT2D eigenvalue weighted by Crippen LogP contribution is -2.20. The minimum absolute atomic E-state index is 0.142. The number of fused-ring (bicyclic) bond motifs is 1. The molecule has 0 aliphatic carbocycles. The van der Waals surface area contributed by atoms with Gasteiger partial charge in [0.1, 0.15) is 17.0 Å². The van der Waals surface area contributed by atoms with Crippen LogP contribution in [0.5, 0.6) is 0 Å². The van der Waals surface area contributed by atoms with E-state index in [4.69, 9.17) is 5.73 Å². The zero-order valence-corrected chi connectivity index (χ0v) is 17.6. The zero-order chi connectivity index (χ0) is 22.1. The highest BCUT2D eigenvalue weighted by molar-refractivity contribution is 7.19. The van der Waals surface area contributed by atoms with Crippen LogP contribution in [0.2, 0.25) is 0 Å². The van der Waals surface area contributed by atoms with Crippen LogP contribution in [-0.4, -0.2) is 27.1 Å². The van der Waals surface area contributed by atoms with Crippen molar-refractivity contribution < 1.29 is 14.7 Å². The molecule has 0 saturated heterocycles. The van der Waals surface area contributed by atoms with Crippen molar-refractivity contribution in [3.8, 4) is 11.1 Å². The monoisotopic (exact) mass is 433 g/mol. The number of nitrogens with zero attached hydrogens (tertiary/aromatic N) is 2. The van der Waals surface area contributed by atoms with Gasteiger partial charge in [0.25, 0.3) is 0 Å². The third kappa shape index (κ3) is 3.90. The molecule has 2 aromatic heterocycles. The Morgan fingerprint density at radius 1 is 1.03 bits per heavy atom. The molecule has 5 N–H and O–H groups in total.